The van der Waals surface area contributed by atoms with Gasteiger partial charge in [-0.05, 0) is 42.8 Å². The van der Waals surface area contributed by atoms with E-state index in [1.54, 1.807) is 14.2 Å². The van der Waals surface area contributed by atoms with E-state index in [1.165, 1.54) is 11.1 Å². The molecule has 25 heavy (non-hydrogen) atoms. The Bertz CT molecular complexity index is 701. The maximum atomic E-state index is 5.56. The van der Waals surface area contributed by atoms with Crippen LogP contribution in [0.4, 0.5) is 5.82 Å². The molecule has 3 rings (SSSR count). The predicted molar refractivity (Wildman–Crippen MR) is 101 cm³/mol. The first-order valence-electron chi connectivity index (χ1n) is 8.67. The van der Waals surface area contributed by atoms with Crippen LogP contribution in [0.3, 0.4) is 0 Å². The first-order valence-corrected chi connectivity index (χ1v) is 8.67. The van der Waals surface area contributed by atoms with Crippen LogP contribution in [-0.2, 0) is 6.54 Å². The molecule has 5 heteroatoms. The number of hydrogen-bond donors (Lipinski definition) is 0. The third-order valence-electron chi connectivity index (χ3n) is 4.82. The van der Waals surface area contributed by atoms with Gasteiger partial charge in [-0.3, -0.25) is 4.90 Å². The summed E-state index contributed by atoms with van der Waals surface area (Å²) in [7, 11) is 7.45. The molecular weight excluding hydrogens is 314 g/mol. The summed E-state index contributed by atoms with van der Waals surface area (Å²) in [5.41, 5.74) is 2.49. The summed E-state index contributed by atoms with van der Waals surface area (Å²) in [5.74, 6) is 3.30. The molecule has 0 aliphatic carbocycles. The lowest BCUT2D eigenvalue weighted by Gasteiger charge is -2.18. The largest absolute Gasteiger partial charge is 0.497 e. The summed E-state index contributed by atoms with van der Waals surface area (Å²) >= 11 is 0. The predicted octanol–water partition coefficient (Wildman–Crippen LogP) is 3.15. The zero-order valence-electron chi connectivity index (χ0n) is 15.5. The van der Waals surface area contributed by atoms with Gasteiger partial charge < -0.3 is 14.4 Å². The Morgan fingerprint density at radius 3 is 2.64 bits per heavy atom. The maximum Gasteiger partial charge on any atom is 0.127 e. The minimum absolute atomic E-state index is 0.471. The highest BCUT2D eigenvalue weighted by molar-refractivity contribution is 5.43. The van der Waals surface area contributed by atoms with Gasteiger partial charge in [0, 0.05) is 44.9 Å². The summed E-state index contributed by atoms with van der Waals surface area (Å²) in [5, 5.41) is 0. The van der Waals surface area contributed by atoms with E-state index in [4.69, 9.17) is 9.47 Å². The molecular formula is C20H27N3O2. The van der Waals surface area contributed by atoms with Gasteiger partial charge in [-0.25, -0.2) is 4.98 Å². The number of benzene rings is 1. The lowest BCUT2D eigenvalue weighted by Crippen LogP contribution is -2.20. The van der Waals surface area contributed by atoms with Gasteiger partial charge in [0.05, 0.1) is 14.2 Å². The van der Waals surface area contributed by atoms with Crippen molar-refractivity contribution in [1.29, 1.82) is 0 Å². The van der Waals surface area contributed by atoms with Crippen LogP contribution in [0.5, 0.6) is 11.5 Å². The van der Waals surface area contributed by atoms with Crippen molar-refractivity contribution in [3.8, 4) is 11.5 Å². The third-order valence-corrected chi connectivity index (χ3v) is 4.82. The first kappa shape index (κ1) is 17.5. The van der Waals surface area contributed by atoms with Crippen LogP contribution in [0.2, 0.25) is 0 Å². The molecule has 1 fully saturated rings. The Morgan fingerprint density at radius 2 is 2.00 bits per heavy atom. The zero-order chi connectivity index (χ0) is 17.8. The van der Waals surface area contributed by atoms with E-state index in [0.717, 1.165) is 43.4 Å². The molecule has 1 aromatic carbocycles. The number of nitrogens with zero attached hydrogens (tertiary/aromatic N) is 3. The van der Waals surface area contributed by atoms with Gasteiger partial charge in [-0.15, -0.1) is 0 Å². The van der Waals surface area contributed by atoms with Gasteiger partial charge in [0.2, 0.25) is 0 Å². The van der Waals surface area contributed by atoms with Crippen LogP contribution in [0.1, 0.15) is 23.5 Å². The van der Waals surface area contributed by atoms with Crippen LogP contribution < -0.4 is 14.4 Å². The Labute approximate surface area is 150 Å². The number of likely N-dealkylation sites (tertiary alicyclic amines) is 1. The highest BCUT2D eigenvalue weighted by Crippen LogP contribution is 2.36. The Balaban J connectivity index is 1.67. The van der Waals surface area contributed by atoms with E-state index in [-0.39, 0.29) is 0 Å². The molecule has 1 aromatic heterocycles. The zero-order valence-corrected chi connectivity index (χ0v) is 15.5. The van der Waals surface area contributed by atoms with E-state index in [0.29, 0.717) is 5.92 Å². The Morgan fingerprint density at radius 1 is 1.16 bits per heavy atom. The number of methoxy groups -OCH3 is 2. The van der Waals surface area contributed by atoms with Crippen molar-refractivity contribution in [3.63, 3.8) is 0 Å². The fraction of sp³-hybridized carbons (Fsp3) is 0.450. The number of hydrogen-bond acceptors (Lipinski definition) is 5. The van der Waals surface area contributed by atoms with E-state index in [2.05, 4.69) is 28.1 Å². The molecule has 0 spiro atoms. The van der Waals surface area contributed by atoms with Crippen molar-refractivity contribution < 1.29 is 9.47 Å². The van der Waals surface area contributed by atoms with Crippen LogP contribution in [0.15, 0.2) is 36.5 Å². The van der Waals surface area contributed by atoms with Crippen molar-refractivity contribution in [2.24, 2.45) is 0 Å². The van der Waals surface area contributed by atoms with Crippen molar-refractivity contribution in [2.45, 2.75) is 18.9 Å². The van der Waals surface area contributed by atoms with Gasteiger partial charge in [-0.1, -0.05) is 6.07 Å². The SMILES string of the molecule is COc1ccc(OC)c(C2CCN(Cc3ccc(N(C)C)nc3)C2)c1. The standard InChI is InChI=1S/C20H27N3O2/c1-22(2)20-8-5-15(12-21-20)13-23-10-9-16(14-23)18-11-17(24-3)6-7-19(18)25-4/h5-8,11-12,16H,9-10,13-14H2,1-4H3. The Kier molecular flexibility index (Phi) is 5.43. The molecule has 0 bridgehead atoms. The van der Waals surface area contributed by atoms with E-state index < -0.39 is 0 Å². The topological polar surface area (TPSA) is 37.8 Å². The molecule has 1 unspecified atom stereocenters. The quantitative estimate of drug-likeness (QED) is 0.807. The lowest BCUT2D eigenvalue weighted by atomic mass is 9.97. The van der Waals surface area contributed by atoms with Crippen LogP contribution >= 0.6 is 0 Å². The van der Waals surface area contributed by atoms with E-state index in [9.17, 15) is 0 Å². The van der Waals surface area contributed by atoms with E-state index >= 15 is 0 Å². The summed E-state index contributed by atoms with van der Waals surface area (Å²) in [6.45, 7) is 3.04. The van der Waals surface area contributed by atoms with Crippen molar-refractivity contribution in [3.05, 3.63) is 47.7 Å². The Hall–Kier alpha value is -2.27. The normalized spacial score (nSPS) is 17.5. The molecule has 134 valence electrons. The molecule has 1 aliphatic rings. The third kappa shape index (κ3) is 4.04. The lowest BCUT2D eigenvalue weighted by molar-refractivity contribution is 0.325. The van der Waals surface area contributed by atoms with Crippen LogP contribution in [0, 0.1) is 0 Å². The molecule has 2 heterocycles. The minimum atomic E-state index is 0.471. The van der Waals surface area contributed by atoms with Gasteiger partial charge in [0.1, 0.15) is 17.3 Å². The average molecular weight is 341 g/mol. The molecule has 0 saturated carbocycles. The maximum absolute atomic E-state index is 5.56. The van der Waals surface area contributed by atoms with Crippen molar-refractivity contribution in [2.75, 3.05) is 46.3 Å². The van der Waals surface area contributed by atoms with Gasteiger partial charge in [0.25, 0.3) is 0 Å². The monoisotopic (exact) mass is 341 g/mol. The summed E-state index contributed by atoms with van der Waals surface area (Å²) < 4.78 is 10.9. The highest BCUT2D eigenvalue weighted by atomic mass is 16.5. The number of rotatable bonds is 6. The van der Waals surface area contributed by atoms with Crippen molar-refractivity contribution in [1.82, 2.24) is 9.88 Å². The smallest absolute Gasteiger partial charge is 0.127 e. The molecule has 1 aliphatic heterocycles. The molecule has 0 N–H and O–H groups in total. The summed E-state index contributed by atoms with van der Waals surface area (Å²) in [6.07, 6.45) is 3.11. The van der Waals surface area contributed by atoms with Gasteiger partial charge in [0.15, 0.2) is 0 Å². The number of aromatic nitrogens is 1. The van der Waals surface area contributed by atoms with Gasteiger partial charge in [-0.2, -0.15) is 0 Å². The second kappa shape index (κ2) is 7.74. The average Bonchev–Trinajstić information content (AvgIpc) is 3.10. The second-order valence-electron chi connectivity index (χ2n) is 6.75. The summed E-state index contributed by atoms with van der Waals surface area (Å²) in [4.78, 5) is 9.01. The number of pyridine rings is 1. The molecule has 2 aromatic rings. The molecule has 0 amide bonds. The fourth-order valence-electron chi connectivity index (χ4n) is 3.42. The number of anilines is 1. The molecule has 1 atom stereocenters. The van der Waals surface area contributed by atoms with Gasteiger partial charge >= 0.3 is 0 Å². The summed E-state index contributed by atoms with van der Waals surface area (Å²) in [6, 6.07) is 10.3. The minimum Gasteiger partial charge on any atom is -0.497 e. The molecule has 0 radical (unpaired) electrons. The number of ether oxygens (including phenoxy) is 2. The fourth-order valence-corrected chi connectivity index (χ4v) is 3.42. The molecule has 1 saturated heterocycles. The van der Waals surface area contributed by atoms with E-state index in [1.807, 2.05) is 37.3 Å². The van der Waals surface area contributed by atoms with Crippen molar-refractivity contribution >= 4 is 5.82 Å². The van der Waals surface area contributed by atoms with Crippen LogP contribution in [0.25, 0.3) is 0 Å². The molecule has 5 nitrogen and oxygen atoms in total. The van der Waals surface area contributed by atoms with Crippen LogP contribution in [-0.4, -0.2) is 51.3 Å². The highest BCUT2D eigenvalue weighted by Gasteiger charge is 2.26. The second-order valence-corrected chi connectivity index (χ2v) is 6.75. The first-order chi connectivity index (χ1) is 12.1.